The second kappa shape index (κ2) is 6.10. The topological polar surface area (TPSA) is 95.0 Å². The number of rotatable bonds is 7. The summed E-state index contributed by atoms with van der Waals surface area (Å²) in [7, 11) is -3.10. The van der Waals surface area contributed by atoms with E-state index in [0.29, 0.717) is 12.2 Å². The molecule has 0 saturated heterocycles. The van der Waals surface area contributed by atoms with Crippen LogP contribution in [0.5, 0.6) is 0 Å². The van der Waals surface area contributed by atoms with Crippen molar-refractivity contribution >= 4 is 15.6 Å². The monoisotopic (exact) mass is 273 g/mol. The van der Waals surface area contributed by atoms with Crippen LogP contribution in [-0.4, -0.2) is 42.0 Å². The average Bonchev–Trinajstić information content (AvgIpc) is 2.72. The van der Waals surface area contributed by atoms with Gasteiger partial charge < -0.3 is 5.73 Å². The molecule has 1 aromatic rings. The summed E-state index contributed by atoms with van der Waals surface area (Å²) in [6, 6.07) is 0.810. The van der Waals surface area contributed by atoms with E-state index in [1.54, 1.807) is 16.9 Å². The molecule has 0 fully saturated rings. The highest BCUT2D eigenvalue weighted by molar-refractivity contribution is 7.90. The van der Waals surface area contributed by atoms with E-state index in [1.807, 2.05) is 6.92 Å². The molecule has 2 N–H and O–H groups in total. The number of Topliss-reactive ketones (excluding diaryl/α,β-unsaturated/α-hetero) is 1. The molecule has 1 heterocycles. The molecule has 0 aliphatic rings. The fraction of sp³-hybridized carbons (Fsp3) is 0.636. The van der Waals surface area contributed by atoms with Crippen molar-refractivity contribution < 1.29 is 13.2 Å². The van der Waals surface area contributed by atoms with E-state index in [0.717, 1.165) is 12.7 Å². The summed E-state index contributed by atoms with van der Waals surface area (Å²) in [5.74, 6) is -0.341. The van der Waals surface area contributed by atoms with E-state index in [2.05, 4.69) is 5.10 Å². The Labute approximate surface area is 107 Å². The quantitative estimate of drug-likeness (QED) is 0.718. The predicted octanol–water partition coefficient (Wildman–Crippen LogP) is 0.238. The Bertz CT molecular complexity index is 507. The maximum Gasteiger partial charge on any atom is 0.197 e. The van der Waals surface area contributed by atoms with Crippen LogP contribution in [-0.2, 0) is 16.4 Å². The third-order valence-electron chi connectivity index (χ3n) is 2.54. The number of aromatic nitrogens is 2. The van der Waals surface area contributed by atoms with Gasteiger partial charge in [0.25, 0.3) is 0 Å². The Hall–Kier alpha value is -1.21. The Morgan fingerprint density at radius 2 is 2.22 bits per heavy atom. The van der Waals surface area contributed by atoms with E-state index >= 15 is 0 Å². The molecule has 18 heavy (non-hydrogen) atoms. The normalized spacial score (nSPS) is 13.5. The summed E-state index contributed by atoms with van der Waals surface area (Å²) in [5, 5.41) is 4.04. The molecule has 1 unspecified atom stereocenters. The third kappa shape index (κ3) is 4.23. The second-order valence-corrected chi connectivity index (χ2v) is 6.59. The van der Waals surface area contributed by atoms with E-state index in [9.17, 15) is 13.2 Å². The number of hydrogen-bond acceptors (Lipinski definition) is 5. The largest absolute Gasteiger partial charge is 0.321 e. The van der Waals surface area contributed by atoms with Crippen molar-refractivity contribution in [3.05, 3.63) is 18.0 Å². The summed E-state index contributed by atoms with van der Waals surface area (Å²) < 4.78 is 23.7. The van der Waals surface area contributed by atoms with Gasteiger partial charge in [0.2, 0.25) is 0 Å². The van der Waals surface area contributed by atoms with Gasteiger partial charge in [0.1, 0.15) is 15.5 Å². The molecular formula is C11H19N3O3S. The van der Waals surface area contributed by atoms with Crippen LogP contribution in [0, 0.1) is 0 Å². The third-order valence-corrected chi connectivity index (χ3v) is 3.52. The minimum absolute atomic E-state index is 0.0815. The highest BCUT2D eigenvalue weighted by Gasteiger charge is 2.20. The van der Waals surface area contributed by atoms with Gasteiger partial charge in [0.15, 0.2) is 5.78 Å². The first-order chi connectivity index (χ1) is 8.35. The molecule has 0 radical (unpaired) electrons. The van der Waals surface area contributed by atoms with E-state index in [1.165, 1.54) is 0 Å². The molecular weight excluding hydrogens is 254 g/mol. The molecule has 7 heteroatoms. The predicted molar refractivity (Wildman–Crippen MR) is 69.2 cm³/mol. The van der Waals surface area contributed by atoms with Crippen LogP contribution in [0.25, 0.3) is 0 Å². The molecule has 0 spiro atoms. The Balaban J connectivity index is 2.71. The van der Waals surface area contributed by atoms with Gasteiger partial charge >= 0.3 is 0 Å². The van der Waals surface area contributed by atoms with Crippen LogP contribution in [0.15, 0.2) is 12.3 Å². The summed E-state index contributed by atoms with van der Waals surface area (Å²) >= 11 is 0. The van der Waals surface area contributed by atoms with Gasteiger partial charge in [-0.05, 0) is 18.9 Å². The number of carbonyl (C=O) groups excluding carboxylic acids is 1. The molecule has 1 atom stereocenters. The summed E-state index contributed by atoms with van der Waals surface area (Å²) in [6.07, 6.45) is 3.67. The number of ketones is 1. The van der Waals surface area contributed by atoms with Crippen molar-refractivity contribution in [3.8, 4) is 0 Å². The standard InChI is InChI=1S/C11H19N3O3S/c1-3-7-14-10(4-6-13-14)11(15)9(12)5-8-18(2,16)17/h4,6,9H,3,5,7-8,12H2,1-2H3. The zero-order valence-corrected chi connectivity index (χ0v) is 11.5. The number of sulfone groups is 1. The highest BCUT2D eigenvalue weighted by Crippen LogP contribution is 2.06. The molecule has 6 nitrogen and oxygen atoms in total. The maximum absolute atomic E-state index is 12.0. The Kier molecular flexibility index (Phi) is 5.03. The minimum atomic E-state index is -3.10. The molecule has 0 saturated carbocycles. The first kappa shape index (κ1) is 14.8. The van der Waals surface area contributed by atoms with Crippen molar-refractivity contribution in [2.45, 2.75) is 32.4 Å². The van der Waals surface area contributed by atoms with Gasteiger partial charge in [-0.3, -0.25) is 9.48 Å². The Morgan fingerprint density at radius 1 is 1.56 bits per heavy atom. The van der Waals surface area contributed by atoms with Crippen LogP contribution in [0.3, 0.4) is 0 Å². The summed E-state index contributed by atoms with van der Waals surface area (Å²) in [6.45, 7) is 2.63. The van der Waals surface area contributed by atoms with Gasteiger partial charge in [0, 0.05) is 19.0 Å². The summed E-state index contributed by atoms with van der Waals surface area (Å²) in [4.78, 5) is 12.0. The smallest absolute Gasteiger partial charge is 0.197 e. The lowest BCUT2D eigenvalue weighted by Gasteiger charge is -2.11. The number of hydrogen-bond donors (Lipinski definition) is 1. The van der Waals surface area contributed by atoms with Crippen LogP contribution in [0.2, 0.25) is 0 Å². The number of nitrogens with two attached hydrogens (primary N) is 1. The first-order valence-corrected chi connectivity index (χ1v) is 7.90. The highest BCUT2D eigenvalue weighted by atomic mass is 32.2. The number of carbonyl (C=O) groups is 1. The van der Waals surface area contributed by atoms with Crippen LogP contribution < -0.4 is 5.73 Å². The first-order valence-electron chi connectivity index (χ1n) is 5.84. The zero-order chi connectivity index (χ0) is 13.8. The molecule has 0 aliphatic heterocycles. The average molecular weight is 273 g/mol. The van der Waals surface area contributed by atoms with Crippen molar-refractivity contribution in [3.63, 3.8) is 0 Å². The lowest BCUT2D eigenvalue weighted by Crippen LogP contribution is -2.34. The molecule has 0 bridgehead atoms. The van der Waals surface area contributed by atoms with Gasteiger partial charge in [-0.15, -0.1) is 0 Å². The lowest BCUT2D eigenvalue weighted by molar-refractivity contribution is 0.0949. The molecule has 1 rings (SSSR count). The molecule has 102 valence electrons. The van der Waals surface area contributed by atoms with Crippen molar-refractivity contribution in [2.24, 2.45) is 5.73 Å². The fourth-order valence-electron chi connectivity index (χ4n) is 1.59. The van der Waals surface area contributed by atoms with Gasteiger partial charge in [-0.25, -0.2) is 8.42 Å². The molecule has 0 aromatic carbocycles. The molecule has 1 aromatic heterocycles. The van der Waals surface area contributed by atoms with Gasteiger partial charge in [-0.2, -0.15) is 5.10 Å². The van der Waals surface area contributed by atoms with Crippen molar-refractivity contribution in [1.82, 2.24) is 9.78 Å². The molecule has 0 amide bonds. The Morgan fingerprint density at radius 3 is 2.78 bits per heavy atom. The zero-order valence-electron chi connectivity index (χ0n) is 10.7. The SMILES string of the molecule is CCCn1nccc1C(=O)C(N)CCS(C)(=O)=O. The van der Waals surface area contributed by atoms with E-state index in [4.69, 9.17) is 5.73 Å². The van der Waals surface area contributed by atoms with E-state index < -0.39 is 15.9 Å². The molecule has 0 aliphatic carbocycles. The second-order valence-electron chi connectivity index (χ2n) is 4.33. The van der Waals surface area contributed by atoms with Gasteiger partial charge in [0.05, 0.1) is 11.8 Å². The van der Waals surface area contributed by atoms with E-state index in [-0.39, 0.29) is 18.0 Å². The maximum atomic E-state index is 12.0. The van der Waals surface area contributed by atoms with Crippen LogP contribution in [0.1, 0.15) is 30.3 Å². The van der Waals surface area contributed by atoms with Crippen LogP contribution in [0.4, 0.5) is 0 Å². The van der Waals surface area contributed by atoms with Gasteiger partial charge in [-0.1, -0.05) is 6.92 Å². The lowest BCUT2D eigenvalue weighted by atomic mass is 10.1. The summed E-state index contributed by atoms with van der Waals surface area (Å²) in [5.41, 5.74) is 6.17. The number of nitrogens with zero attached hydrogens (tertiary/aromatic N) is 2. The van der Waals surface area contributed by atoms with Crippen molar-refractivity contribution in [1.29, 1.82) is 0 Å². The number of aryl methyl sites for hydroxylation is 1. The fourth-order valence-corrected chi connectivity index (χ4v) is 2.28. The minimum Gasteiger partial charge on any atom is -0.321 e. The van der Waals surface area contributed by atoms with Crippen molar-refractivity contribution in [2.75, 3.05) is 12.0 Å². The van der Waals surface area contributed by atoms with Crippen LogP contribution >= 0.6 is 0 Å².